The maximum atomic E-state index is 12.4. The largest absolute Gasteiger partial charge is 0.489 e. The Morgan fingerprint density at radius 3 is 2.54 bits per heavy atom. The van der Waals surface area contributed by atoms with E-state index in [2.05, 4.69) is 26.3 Å². The van der Waals surface area contributed by atoms with Gasteiger partial charge in [0.05, 0.1) is 30.5 Å². The third-order valence-corrected chi connectivity index (χ3v) is 7.45. The number of piperidine rings is 1. The quantitative estimate of drug-likeness (QED) is 0.316. The minimum atomic E-state index is -0.494. The Hall–Kier alpha value is -4.79. The lowest BCUT2D eigenvalue weighted by atomic mass is 10.0. The molecule has 11 nitrogen and oxygen atoms in total. The van der Waals surface area contributed by atoms with Crippen LogP contribution in [0.25, 0.3) is 33.5 Å². The van der Waals surface area contributed by atoms with Crippen LogP contribution >= 0.6 is 0 Å². The van der Waals surface area contributed by atoms with Crippen molar-refractivity contribution in [3.05, 3.63) is 66.0 Å². The lowest BCUT2D eigenvalue weighted by Gasteiger charge is -2.32. The van der Waals surface area contributed by atoms with Gasteiger partial charge >= 0.3 is 0 Å². The highest BCUT2D eigenvalue weighted by Crippen LogP contribution is 2.33. The molecule has 2 saturated heterocycles. The molecule has 208 valence electrons. The van der Waals surface area contributed by atoms with E-state index in [0.29, 0.717) is 67.4 Å². The minimum Gasteiger partial charge on any atom is -0.489 e. The smallest absolute Gasteiger partial charge is 0.251 e. The maximum absolute atomic E-state index is 12.4. The van der Waals surface area contributed by atoms with Crippen LogP contribution in [0.2, 0.25) is 0 Å². The van der Waals surface area contributed by atoms with E-state index in [1.165, 1.54) is 6.33 Å². The van der Waals surface area contributed by atoms with Crippen LogP contribution < -0.4 is 10.1 Å². The average Bonchev–Trinajstić information content (AvgIpc) is 3.44. The van der Waals surface area contributed by atoms with Crippen LogP contribution in [0, 0.1) is 11.3 Å². The molecule has 2 amide bonds. The number of ether oxygens (including phenoxy) is 2. The molecule has 11 heteroatoms. The van der Waals surface area contributed by atoms with Crippen LogP contribution in [-0.4, -0.2) is 81.8 Å². The Labute approximate surface area is 235 Å². The third-order valence-electron chi connectivity index (χ3n) is 7.45. The summed E-state index contributed by atoms with van der Waals surface area (Å²) in [4.78, 5) is 38.0. The maximum Gasteiger partial charge on any atom is 0.251 e. The summed E-state index contributed by atoms with van der Waals surface area (Å²) < 4.78 is 11.3. The van der Waals surface area contributed by atoms with Crippen molar-refractivity contribution in [2.24, 2.45) is 0 Å². The summed E-state index contributed by atoms with van der Waals surface area (Å²) in [7, 11) is 0. The predicted molar refractivity (Wildman–Crippen MR) is 149 cm³/mol. The van der Waals surface area contributed by atoms with Crippen molar-refractivity contribution in [3.63, 3.8) is 0 Å². The summed E-state index contributed by atoms with van der Waals surface area (Å²) in [6, 6.07) is 17.0. The molecule has 0 unspecified atom stereocenters. The second-order valence-corrected chi connectivity index (χ2v) is 10.1. The Bertz CT molecular complexity index is 1630. The second-order valence-electron chi connectivity index (χ2n) is 10.1. The minimum absolute atomic E-state index is 0.0672. The highest BCUT2D eigenvalue weighted by atomic mass is 16.5. The highest BCUT2D eigenvalue weighted by Gasteiger charge is 2.25. The zero-order valence-corrected chi connectivity index (χ0v) is 22.2. The zero-order valence-electron chi connectivity index (χ0n) is 22.2. The number of nitrogens with one attached hydrogen (secondary N) is 2. The van der Waals surface area contributed by atoms with Crippen molar-refractivity contribution >= 4 is 22.8 Å². The van der Waals surface area contributed by atoms with Gasteiger partial charge in [-0.25, -0.2) is 9.97 Å². The molecule has 0 atom stereocenters. The number of aromatic nitrogens is 3. The number of rotatable bonds is 7. The van der Waals surface area contributed by atoms with E-state index in [1.54, 1.807) is 29.2 Å². The van der Waals surface area contributed by atoms with Crippen LogP contribution in [0.3, 0.4) is 0 Å². The van der Waals surface area contributed by atoms with E-state index in [9.17, 15) is 14.9 Å². The Balaban J connectivity index is 1.20. The number of hydrogen-bond acceptors (Lipinski definition) is 8. The topological polar surface area (TPSA) is 153 Å². The molecule has 4 aromatic rings. The lowest BCUT2D eigenvalue weighted by Crippen LogP contribution is -2.48. The second kappa shape index (κ2) is 11.4. The van der Waals surface area contributed by atoms with Crippen LogP contribution in [0.4, 0.5) is 0 Å². The zero-order chi connectivity index (χ0) is 28.3. The van der Waals surface area contributed by atoms with Gasteiger partial charge in [-0.1, -0.05) is 12.1 Å². The summed E-state index contributed by atoms with van der Waals surface area (Å²) in [5.41, 5.74) is 4.77. The standard InChI is InChI=1S/C30H28N6O5/c31-13-21-11-20(5-6-26(21)41-23-7-9-36(10-8-23)27(38)14-37)28-24-12-25(35-29(24)33-17-32-28)18-1-3-19(4-2-18)30(39)34-22-15-40-16-22/h1-6,11-12,17,22-23,37H,7-10,14-16H2,(H,34,39)(H,32,33,35). The fraction of sp³-hybridized carbons (Fsp3) is 0.300. The van der Waals surface area contributed by atoms with Gasteiger partial charge in [-0.3, -0.25) is 9.59 Å². The number of carbonyl (C=O) groups excluding carboxylic acids is 2. The summed E-state index contributed by atoms with van der Waals surface area (Å²) in [5, 5.41) is 22.7. The fourth-order valence-corrected chi connectivity index (χ4v) is 5.08. The molecule has 41 heavy (non-hydrogen) atoms. The molecular weight excluding hydrogens is 524 g/mol. The van der Waals surface area contributed by atoms with Gasteiger partial charge in [0.25, 0.3) is 5.91 Å². The number of amides is 2. The van der Waals surface area contributed by atoms with E-state index in [4.69, 9.17) is 14.6 Å². The average molecular weight is 553 g/mol. The van der Waals surface area contributed by atoms with Crippen molar-refractivity contribution < 1.29 is 24.2 Å². The molecule has 0 spiro atoms. The predicted octanol–water partition coefficient (Wildman–Crippen LogP) is 2.65. The van der Waals surface area contributed by atoms with Crippen LogP contribution in [-0.2, 0) is 9.53 Å². The Kier molecular flexibility index (Phi) is 7.33. The molecule has 2 aliphatic heterocycles. The molecule has 4 heterocycles. The molecule has 6 rings (SSSR count). The molecule has 0 bridgehead atoms. The molecule has 2 aliphatic rings. The third kappa shape index (κ3) is 5.48. The number of nitriles is 1. The lowest BCUT2D eigenvalue weighted by molar-refractivity contribution is -0.135. The van der Waals surface area contributed by atoms with Crippen molar-refractivity contribution in [2.75, 3.05) is 32.9 Å². The van der Waals surface area contributed by atoms with E-state index in [0.717, 1.165) is 22.2 Å². The van der Waals surface area contributed by atoms with Gasteiger partial charge in [0.1, 0.15) is 36.5 Å². The van der Waals surface area contributed by atoms with Gasteiger partial charge in [-0.2, -0.15) is 5.26 Å². The molecule has 2 aromatic heterocycles. The van der Waals surface area contributed by atoms with Crippen molar-refractivity contribution in [1.82, 2.24) is 25.2 Å². The summed E-state index contributed by atoms with van der Waals surface area (Å²) in [5.74, 6) is 0.0731. The van der Waals surface area contributed by atoms with Crippen molar-refractivity contribution in [2.45, 2.75) is 25.0 Å². The Morgan fingerprint density at radius 1 is 1.10 bits per heavy atom. The van der Waals surface area contributed by atoms with Crippen LogP contribution in [0.15, 0.2) is 54.9 Å². The number of aromatic amines is 1. The monoisotopic (exact) mass is 552 g/mol. The van der Waals surface area contributed by atoms with E-state index in [1.807, 2.05) is 24.3 Å². The number of benzene rings is 2. The van der Waals surface area contributed by atoms with Crippen LogP contribution in [0.5, 0.6) is 5.75 Å². The number of fused-ring (bicyclic) bond motifs is 1. The molecule has 0 saturated carbocycles. The molecule has 3 N–H and O–H groups in total. The van der Waals surface area contributed by atoms with Gasteiger partial charge in [0.2, 0.25) is 5.91 Å². The van der Waals surface area contributed by atoms with Crippen molar-refractivity contribution in [3.8, 4) is 34.3 Å². The summed E-state index contributed by atoms with van der Waals surface area (Å²) in [6.45, 7) is 1.60. The van der Waals surface area contributed by atoms with Crippen LogP contribution in [0.1, 0.15) is 28.8 Å². The number of aliphatic hydroxyl groups excluding tert-OH is 1. The number of carbonyl (C=O) groups is 2. The first-order valence-corrected chi connectivity index (χ1v) is 13.4. The molecule has 0 radical (unpaired) electrons. The molecule has 2 fully saturated rings. The van der Waals surface area contributed by atoms with Gasteiger partial charge in [0.15, 0.2) is 0 Å². The van der Waals surface area contributed by atoms with E-state index < -0.39 is 6.61 Å². The number of likely N-dealkylation sites (tertiary alicyclic amines) is 1. The van der Waals surface area contributed by atoms with Gasteiger partial charge in [-0.05, 0) is 42.0 Å². The number of hydrogen-bond donors (Lipinski definition) is 3. The first-order valence-electron chi connectivity index (χ1n) is 13.4. The summed E-state index contributed by atoms with van der Waals surface area (Å²) >= 11 is 0. The first-order chi connectivity index (χ1) is 20.0. The van der Waals surface area contributed by atoms with Gasteiger partial charge in [0, 0.05) is 48.1 Å². The Morgan fingerprint density at radius 2 is 1.85 bits per heavy atom. The molecule has 2 aromatic carbocycles. The van der Waals surface area contributed by atoms with Crippen molar-refractivity contribution in [1.29, 1.82) is 5.26 Å². The fourth-order valence-electron chi connectivity index (χ4n) is 5.08. The normalized spacial score (nSPS) is 15.8. The first kappa shape index (κ1) is 26.4. The SMILES string of the molecule is N#Cc1cc(-c2ncnc3[nH]c(-c4ccc(C(=O)NC5COC5)cc4)cc23)ccc1OC1CCN(C(=O)CO)CC1. The number of aliphatic hydroxyl groups is 1. The van der Waals surface area contributed by atoms with E-state index in [-0.39, 0.29) is 24.0 Å². The highest BCUT2D eigenvalue weighted by molar-refractivity contribution is 5.96. The molecule has 0 aliphatic carbocycles. The number of nitrogens with zero attached hydrogens (tertiary/aromatic N) is 4. The number of H-pyrrole nitrogens is 1. The summed E-state index contributed by atoms with van der Waals surface area (Å²) in [6.07, 6.45) is 2.60. The molecular formula is C30H28N6O5. The van der Waals surface area contributed by atoms with Gasteiger partial charge in [-0.15, -0.1) is 0 Å². The van der Waals surface area contributed by atoms with Gasteiger partial charge < -0.3 is 29.8 Å². The van der Waals surface area contributed by atoms with E-state index >= 15 is 0 Å².